The van der Waals surface area contributed by atoms with Crippen LogP contribution in [0.5, 0.6) is 0 Å². The van der Waals surface area contributed by atoms with E-state index in [-0.39, 0.29) is 0 Å². The second-order valence-corrected chi connectivity index (χ2v) is 5.55. The van der Waals surface area contributed by atoms with Gasteiger partial charge >= 0.3 is 0 Å². The standard InChI is InChI=1S/C14H26N4/c1-4-17-11-16-9-14(17)8-15-7-13-5-6-18(10-13)12(2)3/h9,11-13,15H,4-8,10H2,1-3H3. The van der Waals surface area contributed by atoms with Gasteiger partial charge in [0, 0.05) is 31.9 Å². The fraction of sp³-hybridized carbons (Fsp3) is 0.786. The molecule has 0 radical (unpaired) electrons. The lowest BCUT2D eigenvalue weighted by molar-refractivity contribution is 0.264. The predicted octanol–water partition coefficient (Wildman–Crippen LogP) is 1.72. The third-order valence-corrected chi connectivity index (χ3v) is 3.93. The number of nitrogens with one attached hydrogen (secondary N) is 1. The molecule has 0 spiro atoms. The first-order valence-corrected chi connectivity index (χ1v) is 7.14. The van der Waals surface area contributed by atoms with Crippen molar-refractivity contribution in [3.8, 4) is 0 Å². The molecule has 102 valence electrons. The molecule has 18 heavy (non-hydrogen) atoms. The van der Waals surface area contributed by atoms with Crippen LogP contribution in [0, 0.1) is 5.92 Å². The summed E-state index contributed by atoms with van der Waals surface area (Å²) in [5, 5.41) is 3.58. The highest BCUT2D eigenvalue weighted by Gasteiger charge is 2.23. The van der Waals surface area contributed by atoms with Crippen LogP contribution in [0.1, 0.15) is 32.9 Å². The zero-order valence-corrected chi connectivity index (χ0v) is 11.9. The molecule has 1 atom stereocenters. The molecule has 0 amide bonds. The van der Waals surface area contributed by atoms with E-state index >= 15 is 0 Å². The highest BCUT2D eigenvalue weighted by atomic mass is 15.2. The molecule has 2 heterocycles. The first-order chi connectivity index (χ1) is 8.70. The van der Waals surface area contributed by atoms with Crippen LogP contribution in [-0.4, -0.2) is 40.1 Å². The molecule has 1 aliphatic rings. The number of rotatable bonds is 6. The largest absolute Gasteiger partial charge is 0.334 e. The number of nitrogens with zero attached hydrogens (tertiary/aromatic N) is 3. The first-order valence-electron chi connectivity index (χ1n) is 7.14. The highest BCUT2D eigenvalue weighted by Crippen LogP contribution is 2.17. The maximum atomic E-state index is 4.19. The Morgan fingerprint density at radius 2 is 2.33 bits per heavy atom. The van der Waals surface area contributed by atoms with Crippen LogP contribution in [0.2, 0.25) is 0 Å². The van der Waals surface area contributed by atoms with Crippen molar-refractivity contribution in [2.24, 2.45) is 5.92 Å². The van der Waals surface area contributed by atoms with Crippen molar-refractivity contribution < 1.29 is 0 Å². The fourth-order valence-corrected chi connectivity index (χ4v) is 2.68. The van der Waals surface area contributed by atoms with Crippen molar-refractivity contribution in [2.75, 3.05) is 19.6 Å². The third-order valence-electron chi connectivity index (χ3n) is 3.93. The summed E-state index contributed by atoms with van der Waals surface area (Å²) < 4.78 is 2.20. The van der Waals surface area contributed by atoms with E-state index in [1.165, 1.54) is 25.2 Å². The number of hydrogen-bond donors (Lipinski definition) is 1. The minimum atomic E-state index is 0.691. The lowest BCUT2D eigenvalue weighted by Gasteiger charge is -2.20. The van der Waals surface area contributed by atoms with Gasteiger partial charge in [-0.05, 0) is 46.2 Å². The summed E-state index contributed by atoms with van der Waals surface area (Å²) in [6, 6.07) is 0.691. The molecular weight excluding hydrogens is 224 g/mol. The summed E-state index contributed by atoms with van der Waals surface area (Å²) in [5.74, 6) is 0.811. The van der Waals surface area contributed by atoms with Gasteiger partial charge in [0.15, 0.2) is 0 Å². The molecule has 1 N–H and O–H groups in total. The van der Waals surface area contributed by atoms with E-state index in [1.807, 2.05) is 12.5 Å². The summed E-state index contributed by atoms with van der Waals surface area (Å²) >= 11 is 0. The van der Waals surface area contributed by atoms with Crippen molar-refractivity contribution in [3.63, 3.8) is 0 Å². The van der Waals surface area contributed by atoms with E-state index < -0.39 is 0 Å². The van der Waals surface area contributed by atoms with Crippen molar-refractivity contribution in [3.05, 3.63) is 18.2 Å². The molecule has 4 nitrogen and oxygen atoms in total. The van der Waals surface area contributed by atoms with Gasteiger partial charge in [-0.2, -0.15) is 0 Å². The minimum Gasteiger partial charge on any atom is -0.334 e. The number of aromatic nitrogens is 2. The molecule has 4 heteroatoms. The van der Waals surface area contributed by atoms with Crippen molar-refractivity contribution in [1.29, 1.82) is 0 Å². The van der Waals surface area contributed by atoms with Gasteiger partial charge in [-0.15, -0.1) is 0 Å². The number of aryl methyl sites for hydroxylation is 1. The van der Waals surface area contributed by atoms with Gasteiger partial charge in [0.1, 0.15) is 0 Å². The molecule has 1 aromatic rings. The van der Waals surface area contributed by atoms with Gasteiger partial charge in [0.05, 0.1) is 12.0 Å². The van der Waals surface area contributed by atoms with E-state index in [0.29, 0.717) is 6.04 Å². The molecule has 2 rings (SSSR count). The Hall–Kier alpha value is -0.870. The Labute approximate surface area is 110 Å². The maximum absolute atomic E-state index is 4.19. The van der Waals surface area contributed by atoms with Gasteiger partial charge in [0.2, 0.25) is 0 Å². The van der Waals surface area contributed by atoms with Crippen LogP contribution in [0.25, 0.3) is 0 Å². The summed E-state index contributed by atoms with van der Waals surface area (Å²) in [5.41, 5.74) is 1.29. The summed E-state index contributed by atoms with van der Waals surface area (Å²) in [4.78, 5) is 6.77. The molecule has 0 saturated carbocycles. The van der Waals surface area contributed by atoms with Crippen LogP contribution in [-0.2, 0) is 13.1 Å². The van der Waals surface area contributed by atoms with Crippen LogP contribution >= 0.6 is 0 Å². The van der Waals surface area contributed by atoms with E-state index in [9.17, 15) is 0 Å². The SMILES string of the molecule is CCn1cncc1CNCC1CCN(C(C)C)C1. The van der Waals surface area contributed by atoms with Gasteiger partial charge in [-0.1, -0.05) is 0 Å². The number of hydrogen-bond acceptors (Lipinski definition) is 3. The molecule has 0 bridgehead atoms. The maximum Gasteiger partial charge on any atom is 0.0948 e. The number of imidazole rings is 1. The first kappa shape index (κ1) is 13.6. The monoisotopic (exact) mass is 250 g/mol. The molecule has 1 fully saturated rings. The molecule has 0 aromatic carbocycles. The third kappa shape index (κ3) is 3.33. The molecule has 1 aromatic heterocycles. The van der Waals surface area contributed by atoms with Crippen molar-refractivity contribution in [1.82, 2.24) is 19.8 Å². The lowest BCUT2D eigenvalue weighted by atomic mass is 10.1. The molecule has 1 aliphatic heterocycles. The van der Waals surface area contributed by atoms with Crippen LogP contribution in [0.15, 0.2) is 12.5 Å². The van der Waals surface area contributed by atoms with E-state index in [2.05, 4.69) is 40.5 Å². The van der Waals surface area contributed by atoms with Gasteiger partial charge in [0.25, 0.3) is 0 Å². The number of likely N-dealkylation sites (tertiary alicyclic amines) is 1. The van der Waals surface area contributed by atoms with Gasteiger partial charge in [-0.3, -0.25) is 0 Å². The van der Waals surface area contributed by atoms with Crippen LogP contribution < -0.4 is 5.32 Å². The second kappa shape index (κ2) is 6.34. The van der Waals surface area contributed by atoms with E-state index in [1.54, 1.807) is 0 Å². The molecule has 1 unspecified atom stereocenters. The fourth-order valence-electron chi connectivity index (χ4n) is 2.68. The van der Waals surface area contributed by atoms with Crippen molar-refractivity contribution >= 4 is 0 Å². The average Bonchev–Trinajstić information content (AvgIpc) is 2.97. The summed E-state index contributed by atoms with van der Waals surface area (Å²) in [6.45, 7) is 12.3. The van der Waals surface area contributed by atoms with Crippen molar-refractivity contribution in [2.45, 2.75) is 46.3 Å². The van der Waals surface area contributed by atoms with Gasteiger partial charge in [-0.25, -0.2) is 4.98 Å². The quantitative estimate of drug-likeness (QED) is 0.834. The Morgan fingerprint density at radius 3 is 3.00 bits per heavy atom. The van der Waals surface area contributed by atoms with E-state index in [0.717, 1.165) is 25.6 Å². The second-order valence-electron chi connectivity index (χ2n) is 5.55. The highest BCUT2D eigenvalue weighted by molar-refractivity contribution is 4.97. The van der Waals surface area contributed by atoms with Gasteiger partial charge < -0.3 is 14.8 Å². The zero-order valence-electron chi connectivity index (χ0n) is 11.9. The Morgan fingerprint density at radius 1 is 1.50 bits per heavy atom. The lowest BCUT2D eigenvalue weighted by Crippen LogP contribution is -2.30. The molecular formula is C14H26N4. The zero-order chi connectivity index (χ0) is 13.0. The average molecular weight is 250 g/mol. The van der Waals surface area contributed by atoms with Crippen LogP contribution in [0.3, 0.4) is 0 Å². The van der Waals surface area contributed by atoms with E-state index in [4.69, 9.17) is 0 Å². The summed E-state index contributed by atoms with van der Waals surface area (Å²) in [7, 11) is 0. The predicted molar refractivity (Wildman–Crippen MR) is 74.4 cm³/mol. The van der Waals surface area contributed by atoms with Crippen LogP contribution in [0.4, 0.5) is 0 Å². The topological polar surface area (TPSA) is 33.1 Å². The normalized spacial score (nSPS) is 21.0. The smallest absolute Gasteiger partial charge is 0.0948 e. The Kier molecular flexibility index (Phi) is 4.78. The molecule has 1 saturated heterocycles. The summed E-state index contributed by atoms with van der Waals surface area (Å²) in [6.07, 6.45) is 5.21. The Bertz CT molecular complexity index is 358. The minimum absolute atomic E-state index is 0.691. The Balaban J connectivity index is 1.70. The molecule has 0 aliphatic carbocycles.